The van der Waals surface area contributed by atoms with Gasteiger partial charge in [-0.2, -0.15) is 0 Å². The Morgan fingerprint density at radius 3 is 2.76 bits per heavy atom. The van der Waals surface area contributed by atoms with Crippen molar-refractivity contribution in [2.45, 2.75) is 31.5 Å². The second-order valence-corrected chi connectivity index (χ2v) is 5.70. The molecule has 3 heterocycles. The zero-order valence-corrected chi connectivity index (χ0v) is 11.8. The Morgan fingerprint density at radius 1 is 1.05 bits per heavy atom. The molecule has 2 aliphatic rings. The second-order valence-electron chi connectivity index (χ2n) is 5.70. The van der Waals surface area contributed by atoms with Crippen LogP contribution >= 0.6 is 0 Å². The van der Waals surface area contributed by atoms with E-state index in [1.165, 1.54) is 5.69 Å². The van der Waals surface area contributed by atoms with Crippen molar-refractivity contribution in [1.82, 2.24) is 9.47 Å². The third-order valence-electron chi connectivity index (χ3n) is 4.51. The molecule has 4 nitrogen and oxygen atoms in total. The van der Waals surface area contributed by atoms with Crippen molar-refractivity contribution in [3.63, 3.8) is 0 Å². The number of benzene rings is 1. The first kappa shape index (κ1) is 12.5. The predicted molar refractivity (Wildman–Crippen MR) is 78.8 cm³/mol. The number of hydrogen-bond acceptors (Lipinski definition) is 2. The number of hydrogen-bond donors (Lipinski definition) is 0. The molecule has 1 aromatic heterocycles. The highest BCUT2D eigenvalue weighted by atomic mass is 16.6. The predicted octanol–water partition coefficient (Wildman–Crippen LogP) is 3.52. The summed E-state index contributed by atoms with van der Waals surface area (Å²) in [5.74, 6) is 0. The van der Waals surface area contributed by atoms with Crippen LogP contribution in [0, 0.1) is 0 Å². The molecular weight excluding hydrogens is 264 g/mol. The number of aromatic nitrogens is 1. The molecule has 1 fully saturated rings. The number of rotatable bonds is 2. The van der Waals surface area contributed by atoms with E-state index in [0.29, 0.717) is 6.61 Å². The SMILES string of the molecule is O=C1OC[C@H](c2ccccc2)N1[C@H]1CCCn2cccc21. The molecule has 0 saturated carbocycles. The number of carbonyl (C=O) groups excluding carboxylic acids is 1. The molecule has 4 rings (SSSR count). The fraction of sp³-hybridized carbons (Fsp3) is 0.353. The van der Waals surface area contributed by atoms with Crippen LogP contribution in [0.3, 0.4) is 0 Å². The minimum Gasteiger partial charge on any atom is -0.447 e. The average molecular weight is 282 g/mol. The first-order valence-electron chi connectivity index (χ1n) is 7.49. The summed E-state index contributed by atoms with van der Waals surface area (Å²) in [6.45, 7) is 1.48. The summed E-state index contributed by atoms with van der Waals surface area (Å²) >= 11 is 0. The van der Waals surface area contributed by atoms with Crippen molar-refractivity contribution < 1.29 is 9.53 Å². The van der Waals surface area contributed by atoms with E-state index in [9.17, 15) is 4.79 Å². The molecule has 0 aliphatic carbocycles. The number of ether oxygens (including phenoxy) is 1. The van der Waals surface area contributed by atoms with Crippen molar-refractivity contribution in [3.8, 4) is 0 Å². The van der Waals surface area contributed by atoms with E-state index >= 15 is 0 Å². The van der Waals surface area contributed by atoms with Gasteiger partial charge in [-0.15, -0.1) is 0 Å². The van der Waals surface area contributed by atoms with E-state index < -0.39 is 0 Å². The van der Waals surface area contributed by atoms with Crippen LogP contribution in [0.5, 0.6) is 0 Å². The maximum absolute atomic E-state index is 12.3. The quantitative estimate of drug-likeness (QED) is 0.844. The van der Waals surface area contributed by atoms with Gasteiger partial charge >= 0.3 is 6.09 Å². The monoisotopic (exact) mass is 282 g/mol. The Labute approximate surface area is 123 Å². The smallest absolute Gasteiger partial charge is 0.411 e. The molecule has 21 heavy (non-hydrogen) atoms. The average Bonchev–Trinajstić information content (AvgIpc) is 3.14. The topological polar surface area (TPSA) is 34.5 Å². The third-order valence-corrected chi connectivity index (χ3v) is 4.51. The van der Waals surface area contributed by atoms with Crippen LogP contribution in [-0.4, -0.2) is 22.2 Å². The Balaban J connectivity index is 1.71. The summed E-state index contributed by atoms with van der Waals surface area (Å²) in [7, 11) is 0. The minimum atomic E-state index is -0.191. The van der Waals surface area contributed by atoms with E-state index in [2.05, 4.69) is 35.0 Å². The van der Waals surface area contributed by atoms with Crippen molar-refractivity contribution >= 4 is 6.09 Å². The highest BCUT2D eigenvalue weighted by Gasteiger charge is 2.41. The zero-order valence-electron chi connectivity index (χ0n) is 11.8. The molecule has 108 valence electrons. The molecule has 1 aromatic carbocycles. The molecule has 4 heteroatoms. The fourth-order valence-electron chi connectivity index (χ4n) is 3.53. The third kappa shape index (κ3) is 2.02. The standard InChI is InChI=1S/C17H18N2O2/c20-17-19(15-9-5-11-18-10-4-8-14(15)18)16(12-21-17)13-6-2-1-3-7-13/h1-4,6-8,10,15-16H,5,9,11-12H2/t15-,16+/m0/s1. The van der Waals surface area contributed by atoms with Crippen molar-refractivity contribution in [2.75, 3.05) is 6.61 Å². The van der Waals surface area contributed by atoms with Crippen molar-refractivity contribution in [2.24, 2.45) is 0 Å². The summed E-state index contributed by atoms with van der Waals surface area (Å²) in [6.07, 6.45) is 4.00. The molecule has 0 unspecified atom stereocenters. The van der Waals surface area contributed by atoms with Gasteiger partial charge in [-0.1, -0.05) is 30.3 Å². The molecule has 0 spiro atoms. The molecule has 0 N–H and O–H groups in total. The maximum Gasteiger partial charge on any atom is 0.411 e. The molecule has 0 radical (unpaired) electrons. The van der Waals surface area contributed by atoms with E-state index in [-0.39, 0.29) is 18.2 Å². The summed E-state index contributed by atoms with van der Waals surface area (Å²) < 4.78 is 7.61. The number of aryl methyl sites for hydroxylation is 1. The van der Waals surface area contributed by atoms with Crippen LogP contribution in [0.15, 0.2) is 48.7 Å². The van der Waals surface area contributed by atoms with Gasteiger partial charge in [-0.3, -0.25) is 4.90 Å². The van der Waals surface area contributed by atoms with Crippen LogP contribution in [0.25, 0.3) is 0 Å². The van der Waals surface area contributed by atoms with Crippen LogP contribution in [-0.2, 0) is 11.3 Å². The Hall–Kier alpha value is -2.23. The fourth-order valence-corrected chi connectivity index (χ4v) is 3.53. The lowest BCUT2D eigenvalue weighted by molar-refractivity contribution is 0.134. The largest absolute Gasteiger partial charge is 0.447 e. The van der Waals surface area contributed by atoms with E-state index in [0.717, 1.165) is 24.9 Å². The number of amides is 1. The van der Waals surface area contributed by atoms with Crippen molar-refractivity contribution in [1.29, 1.82) is 0 Å². The van der Waals surface area contributed by atoms with Crippen LogP contribution in [0.4, 0.5) is 4.79 Å². The van der Waals surface area contributed by atoms with Gasteiger partial charge in [-0.05, 0) is 30.5 Å². The molecule has 2 aliphatic heterocycles. The molecule has 0 bridgehead atoms. The van der Waals surface area contributed by atoms with Gasteiger partial charge in [0, 0.05) is 18.4 Å². The first-order valence-corrected chi connectivity index (χ1v) is 7.49. The van der Waals surface area contributed by atoms with E-state index in [1.807, 2.05) is 23.1 Å². The number of nitrogens with zero attached hydrogens (tertiary/aromatic N) is 2. The van der Waals surface area contributed by atoms with Crippen molar-refractivity contribution in [3.05, 3.63) is 59.9 Å². The summed E-state index contributed by atoms with van der Waals surface area (Å²) in [6, 6.07) is 14.5. The van der Waals surface area contributed by atoms with Crippen LogP contribution in [0.1, 0.15) is 36.2 Å². The van der Waals surface area contributed by atoms with Gasteiger partial charge in [0.25, 0.3) is 0 Å². The van der Waals surface area contributed by atoms with Gasteiger partial charge in [-0.25, -0.2) is 4.79 Å². The van der Waals surface area contributed by atoms with Crippen LogP contribution in [0.2, 0.25) is 0 Å². The second kappa shape index (κ2) is 4.95. The molecule has 1 amide bonds. The highest BCUT2D eigenvalue weighted by Crippen LogP contribution is 2.40. The van der Waals surface area contributed by atoms with Gasteiger partial charge in [0.2, 0.25) is 0 Å². The number of carbonyl (C=O) groups is 1. The summed E-state index contributed by atoms with van der Waals surface area (Å²) in [4.78, 5) is 14.2. The summed E-state index contributed by atoms with van der Waals surface area (Å²) in [5, 5.41) is 0. The number of fused-ring (bicyclic) bond motifs is 1. The van der Waals surface area contributed by atoms with Crippen LogP contribution < -0.4 is 0 Å². The molecular formula is C17H18N2O2. The van der Waals surface area contributed by atoms with Gasteiger partial charge in [0.15, 0.2) is 0 Å². The first-order chi connectivity index (χ1) is 10.3. The highest BCUT2D eigenvalue weighted by molar-refractivity contribution is 5.71. The Morgan fingerprint density at radius 2 is 1.90 bits per heavy atom. The van der Waals surface area contributed by atoms with Gasteiger partial charge < -0.3 is 9.30 Å². The molecule has 1 saturated heterocycles. The minimum absolute atomic E-state index is 0.0187. The zero-order chi connectivity index (χ0) is 14.2. The maximum atomic E-state index is 12.3. The Kier molecular flexibility index (Phi) is 2.95. The van der Waals surface area contributed by atoms with Gasteiger partial charge in [0.1, 0.15) is 6.61 Å². The van der Waals surface area contributed by atoms with E-state index in [1.54, 1.807) is 0 Å². The normalized spacial score (nSPS) is 24.8. The molecule has 2 atom stereocenters. The lowest BCUT2D eigenvalue weighted by Gasteiger charge is -2.34. The lowest BCUT2D eigenvalue weighted by atomic mass is 9.98. The summed E-state index contributed by atoms with van der Waals surface area (Å²) in [5.41, 5.74) is 2.37. The van der Waals surface area contributed by atoms with Gasteiger partial charge in [0.05, 0.1) is 12.1 Å². The molecule has 2 aromatic rings. The lowest BCUT2D eigenvalue weighted by Crippen LogP contribution is -2.35. The number of cyclic esters (lactones) is 1. The van der Waals surface area contributed by atoms with E-state index in [4.69, 9.17) is 4.74 Å². The Bertz CT molecular complexity index is 650.